The molecule has 25 heavy (non-hydrogen) atoms. The summed E-state index contributed by atoms with van der Waals surface area (Å²) in [5, 5.41) is 10.0. The summed E-state index contributed by atoms with van der Waals surface area (Å²) in [5.41, 5.74) is -0.368. The maximum Gasteiger partial charge on any atom is 0.165 e. The van der Waals surface area contributed by atoms with Gasteiger partial charge in [0, 0.05) is 11.8 Å². The molecule has 0 unspecified atom stereocenters. The molecule has 5 aliphatic rings. The van der Waals surface area contributed by atoms with Gasteiger partial charge in [-0.25, -0.2) is 0 Å². The summed E-state index contributed by atoms with van der Waals surface area (Å²) in [6.07, 6.45) is 9.97. The first kappa shape index (κ1) is 16.4. The average Bonchev–Trinajstić information content (AvgIpc) is 3.13. The third-order valence-corrected chi connectivity index (χ3v) is 9.64. The maximum atomic E-state index is 12.6. The van der Waals surface area contributed by atoms with Crippen LogP contribution in [0.25, 0.3) is 0 Å². The number of allylic oxidation sites excluding steroid dienone is 2. The van der Waals surface area contributed by atoms with Crippen LogP contribution in [-0.2, 0) is 9.53 Å². The molecule has 1 saturated heterocycles. The van der Waals surface area contributed by atoms with Gasteiger partial charge >= 0.3 is 0 Å². The summed E-state index contributed by atoms with van der Waals surface area (Å²) < 4.78 is 6.20. The second kappa shape index (κ2) is 4.52. The van der Waals surface area contributed by atoms with Gasteiger partial charge in [0.05, 0.1) is 5.76 Å². The largest absolute Gasteiger partial charge is 0.513 e. The number of ether oxygens (including phenoxy) is 1. The number of epoxide rings is 1. The third-order valence-electron chi connectivity index (χ3n) is 9.64. The first-order chi connectivity index (χ1) is 11.7. The van der Waals surface area contributed by atoms with Gasteiger partial charge < -0.3 is 9.84 Å². The number of hydrogen-bond donors (Lipinski definition) is 1. The molecule has 138 valence electrons. The Morgan fingerprint density at radius 2 is 1.92 bits per heavy atom. The van der Waals surface area contributed by atoms with Crippen LogP contribution in [0, 0.1) is 34.5 Å². The molecule has 0 spiro atoms. The van der Waals surface area contributed by atoms with Crippen molar-refractivity contribution in [2.24, 2.45) is 34.5 Å². The molecule has 3 heteroatoms. The van der Waals surface area contributed by atoms with E-state index in [1.807, 2.05) is 0 Å². The van der Waals surface area contributed by atoms with Crippen LogP contribution in [0.3, 0.4) is 0 Å². The zero-order valence-electron chi connectivity index (χ0n) is 16.1. The second-order valence-electron chi connectivity index (χ2n) is 10.5. The van der Waals surface area contributed by atoms with E-state index in [4.69, 9.17) is 4.74 Å². The molecule has 0 bridgehead atoms. The van der Waals surface area contributed by atoms with Gasteiger partial charge in [-0.05, 0) is 87.5 Å². The minimum atomic E-state index is -0.502. The van der Waals surface area contributed by atoms with Gasteiger partial charge in [0.1, 0.15) is 5.60 Å². The Bertz CT molecular complexity index is 683. The first-order valence-corrected chi connectivity index (χ1v) is 10.3. The Balaban J connectivity index is 1.52. The number of rotatable bonds is 1. The number of aliphatic hydroxyl groups excluding tert-OH is 1. The summed E-state index contributed by atoms with van der Waals surface area (Å²) in [4.78, 5) is 12.6. The zero-order valence-corrected chi connectivity index (χ0v) is 16.1. The summed E-state index contributed by atoms with van der Waals surface area (Å²) >= 11 is 0. The molecule has 0 amide bonds. The summed E-state index contributed by atoms with van der Waals surface area (Å²) in [7, 11) is 0. The Morgan fingerprint density at radius 1 is 1.16 bits per heavy atom. The third kappa shape index (κ3) is 1.66. The molecular weight excluding hydrogens is 312 g/mol. The molecular formula is C22H32O3. The van der Waals surface area contributed by atoms with E-state index < -0.39 is 5.60 Å². The SMILES string of the molecule is CC(=O)[C@@]12O[C@]1(C)C[C@H]1[C@@H]3CC[C@@H]4C=C(O)CC[C@]4(C)[C@H]3CC[C@@]12C. The van der Waals surface area contributed by atoms with E-state index in [0.29, 0.717) is 23.0 Å². The van der Waals surface area contributed by atoms with E-state index in [2.05, 4.69) is 26.8 Å². The van der Waals surface area contributed by atoms with Gasteiger partial charge in [0.15, 0.2) is 11.4 Å². The molecule has 0 aromatic rings. The molecule has 0 aromatic heterocycles. The lowest BCUT2D eigenvalue weighted by Crippen LogP contribution is -2.55. The number of aliphatic hydroxyl groups is 1. The highest BCUT2D eigenvalue weighted by molar-refractivity contribution is 5.91. The summed E-state index contributed by atoms with van der Waals surface area (Å²) in [6, 6.07) is 0. The molecule has 1 aliphatic heterocycles. The predicted octanol–water partition coefficient (Wildman–Crippen LogP) is 4.81. The standard InChI is InChI=1S/C22H32O3/c1-13(23)22-20(3)10-8-17-16(18(20)12-21(22,4)25-22)6-5-14-11-15(24)7-9-19(14,17)2/h11,14,16-18,24H,5-10,12H2,1-4H3/t14-,16-,17+,18+,19+,20+,21-,22+/m1/s1. The van der Waals surface area contributed by atoms with E-state index in [1.165, 1.54) is 19.3 Å². The van der Waals surface area contributed by atoms with Crippen LogP contribution in [0.15, 0.2) is 11.8 Å². The number of Topliss-reactive ketones (excluding diaryl/α,β-unsaturated/α-hetero) is 1. The van der Waals surface area contributed by atoms with Gasteiger partial charge in [-0.1, -0.05) is 13.8 Å². The molecule has 4 fully saturated rings. The van der Waals surface area contributed by atoms with Crippen LogP contribution in [-0.4, -0.2) is 22.1 Å². The fourth-order valence-electron chi connectivity index (χ4n) is 8.46. The van der Waals surface area contributed by atoms with E-state index >= 15 is 0 Å². The van der Waals surface area contributed by atoms with Gasteiger partial charge in [-0.15, -0.1) is 0 Å². The molecule has 0 radical (unpaired) electrons. The Hall–Kier alpha value is -0.830. The predicted molar refractivity (Wildman–Crippen MR) is 96.1 cm³/mol. The Kier molecular flexibility index (Phi) is 2.96. The lowest BCUT2D eigenvalue weighted by Gasteiger charge is -2.59. The van der Waals surface area contributed by atoms with Gasteiger partial charge in [-0.2, -0.15) is 0 Å². The molecule has 3 saturated carbocycles. The lowest BCUT2D eigenvalue weighted by molar-refractivity contribution is -0.142. The number of hydrogen-bond acceptors (Lipinski definition) is 3. The summed E-state index contributed by atoms with van der Waals surface area (Å²) in [6.45, 7) is 8.77. The van der Waals surface area contributed by atoms with Crippen molar-refractivity contribution in [2.45, 2.75) is 83.8 Å². The molecule has 0 aromatic carbocycles. The molecule has 1 N–H and O–H groups in total. The second-order valence-corrected chi connectivity index (χ2v) is 10.5. The van der Waals surface area contributed by atoms with Crippen molar-refractivity contribution in [3.63, 3.8) is 0 Å². The van der Waals surface area contributed by atoms with E-state index in [-0.39, 0.29) is 16.8 Å². The molecule has 8 atom stereocenters. The number of carbonyl (C=O) groups is 1. The average molecular weight is 344 g/mol. The van der Waals surface area contributed by atoms with Crippen LogP contribution in [0.2, 0.25) is 0 Å². The van der Waals surface area contributed by atoms with Crippen molar-refractivity contribution in [1.29, 1.82) is 0 Å². The van der Waals surface area contributed by atoms with Crippen LogP contribution in [0.5, 0.6) is 0 Å². The van der Waals surface area contributed by atoms with Crippen molar-refractivity contribution < 1.29 is 14.6 Å². The van der Waals surface area contributed by atoms with Gasteiger partial charge in [-0.3, -0.25) is 4.79 Å². The van der Waals surface area contributed by atoms with Crippen molar-refractivity contribution >= 4 is 5.78 Å². The van der Waals surface area contributed by atoms with Crippen LogP contribution < -0.4 is 0 Å². The monoisotopic (exact) mass is 344 g/mol. The van der Waals surface area contributed by atoms with E-state index in [1.54, 1.807) is 6.92 Å². The quantitative estimate of drug-likeness (QED) is 0.695. The summed E-state index contributed by atoms with van der Waals surface area (Å²) in [5.74, 6) is 3.48. The van der Waals surface area contributed by atoms with Gasteiger partial charge in [0.25, 0.3) is 0 Å². The highest BCUT2D eigenvalue weighted by atomic mass is 16.6. The minimum Gasteiger partial charge on any atom is -0.513 e. The Labute approximate surface area is 151 Å². The topological polar surface area (TPSA) is 49.8 Å². The van der Waals surface area contributed by atoms with Crippen molar-refractivity contribution in [2.75, 3.05) is 0 Å². The lowest BCUT2D eigenvalue weighted by atomic mass is 9.45. The molecule has 4 aliphatic carbocycles. The van der Waals surface area contributed by atoms with Crippen LogP contribution in [0.1, 0.15) is 72.6 Å². The van der Waals surface area contributed by atoms with Crippen LogP contribution in [0.4, 0.5) is 0 Å². The van der Waals surface area contributed by atoms with Gasteiger partial charge in [0.2, 0.25) is 0 Å². The van der Waals surface area contributed by atoms with E-state index in [9.17, 15) is 9.90 Å². The minimum absolute atomic E-state index is 0.0184. The van der Waals surface area contributed by atoms with E-state index in [0.717, 1.165) is 37.5 Å². The number of carbonyl (C=O) groups excluding carboxylic acids is 1. The number of ketones is 1. The normalized spacial score (nSPS) is 59.1. The van der Waals surface area contributed by atoms with Crippen molar-refractivity contribution in [1.82, 2.24) is 0 Å². The molecule has 3 nitrogen and oxygen atoms in total. The van der Waals surface area contributed by atoms with Crippen molar-refractivity contribution in [3.05, 3.63) is 11.8 Å². The highest BCUT2D eigenvalue weighted by Gasteiger charge is 2.85. The van der Waals surface area contributed by atoms with Crippen molar-refractivity contribution in [3.8, 4) is 0 Å². The maximum absolute atomic E-state index is 12.6. The first-order valence-electron chi connectivity index (χ1n) is 10.3. The zero-order chi connectivity index (χ0) is 17.8. The number of fused-ring (bicyclic) bond motifs is 7. The smallest absolute Gasteiger partial charge is 0.165 e. The fraction of sp³-hybridized carbons (Fsp3) is 0.864. The molecule has 1 heterocycles. The fourth-order valence-corrected chi connectivity index (χ4v) is 8.46. The molecule has 5 rings (SSSR count). The van der Waals surface area contributed by atoms with Crippen LogP contribution >= 0.6 is 0 Å². The Morgan fingerprint density at radius 3 is 2.64 bits per heavy atom. The highest BCUT2D eigenvalue weighted by Crippen LogP contribution is 2.77.